The molecule has 0 radical (unpaired) electrons. The first kappa shape index (κ1) is 12.6. The van der Waals surface area contributed by atoms with Crippen LogP contribution in [0.5, 0.6) is 0 Å². The molecule has 0 amide bonds. The molecular formula is C12H20N4. The largest absolute Gasteiger partial charge is 0.365 e. The Hall–Kier alpha value is -1.45. The molecule has 0 aliphatic carbocycles. The lowest BCUT2D eigenvalue weighted by atomic mass is 10.1. The van der Waals surface area contributed by atoms with Crippen molar-refractivity contribution in [2.45, 2.75) is 46.1 Å². The number of nitrogens with one attached hydrogen (secondary N) is 2. The highest BCUT2D eigenvalue weighted by atomic mass is 15.1. The molecule has 0 fully saturated rings. The van der Waals surface area contributed by atoms with Crippen molar-refractivity contribution in [1.29, 1.82) is 5.41 Å². The van der Waals surface area contributed by atoms with Crippen molar-refractivity contribution >= 4 is 12.0 Å². The lowest BCUT2D eigenvalue weighted by molar-refractivity contribution is 0.627. The molecule has 0 spiro atoms. The van der Waals surface area contributed by atoms with E-state index in [1.807, 2.05) is 0 Å². The zero-order chi connectivity index (χ0) is 12.3. The first-order valence-electron chi connectivity index (χ1n) is 5.49. The Labute approximate surface area is 97.0 Å². The highest BCUT2D eigenvalue weighted by Gasteiger charge is 2.14. The Bertz CT molecular complexity index is 377. The standard InChI is InChI=1S/C12H20N4/c1-8(2)10-14-7-9(6-13)11(15-10)16-12(3,4)5/h6-8,13H,1-5H3,(H,14,15,16). The van der Waals surface area contributed by atoms with E-state index in [0.717, 1.165) is 17.2 Å². The second-order valence-electron chi connectivity index (χ2n) is 5.21. The van der Waals surface area contributed by atoms with Gasteiger partial charge in [0.15, 0.2) is 0 Å². The number of anilines is 1. The summed E-state index contributed by atoms with van der Waals surface area (Å²) in [6.45, 7) is 10.3. The van der Waals surface area contributed by atoms with Crippen molar-refractivity contribution in [3.05, 3.63) is 17.6 Å². The van der Waals surface area contributed by atoms with Crippen LogP contribution in [-0.4, -0.2) is 21.7 Å². The molecule has 4 heteroatoms. The van der Waals surface area contributed by atoms with Crippen molar-refractivity contribution in [2.24, 2.45) is 0 Å². The predicted molar refractivity (Wildman–Crippen MR) is 67.4 cm³/mol. The zero-order valence-corrected chi connectivity index (χ0v) is 10.6. The summed E-state index contributed by atoms with van der Waals surface area (Å²) in [5.74, 6) is 1.83. The van der Waals surface area contributed by atoms with Crippen molar-refractivity contribution in [2.75, 3.05) is 5.32 Å². The summed E-state index contributed by atoms with van der Waals surface area (Å²) >= 11 is 0. The SMILES string of the molecule is CC(C)c1ncc(C=N)c(NC(C)(C)C)n1. The minimum atomic E-state index is -0.0691. The molecule has 4 nitrogen and oxygen atoms in total. The van der Waals surface area contributed by atoms with Crippen LogP contribution in [-0.2, 0) is 0 Å². The van der Waals surface area contributed by atoms with Gasteiger partial charge in [0.1, 0.15) is 11.6 Å². The number of hydrogen-bond acceptors (Lipinski definition) is 4. The van der Waals surface area contributed by atoms with E-state index in [9.17, 15) is 0 Å². The Morgan fingerprint density at radius 3 is 2.44 bits per heavy atom. The topological polar surface area (TPSA) is 61.7 Å². The van der Waals surface area contributed by atoms with Crippen molar-refractivity contribution in [1.82, 2.24) is 9.97 Å². The maximum Gasteiger partial charge on any atom is 0.138 e. The van der Waals surface area contributed by atoms with E-state index in [1.165, 1.54) is 6.21 Å². The van der Waals surface area contributed by atoms with Crippen LogP contribution in [0.25, 0.3) is 0 Å². The van der Waals surface area contributed by atoms with Gasteiger partial charge in [-0.2, -0.15) is 0 Å². The summed E-state index contributed by atoms with van der Waals surface area (Å²) in [5.41, 5.74) is 0.653. The Morgan fingerprint density at radius 2 is 2.00 bits per heavy atom. The Morgan fingerprint density at radius 1 is 1.38 bits per heavy atom. The van der Waals surface area contributed by atoms with Crippen LogP contribution >= 0.6 is 0 Å². The second kappa shape index (κ2) is 4.60. The van der Waals surface area contributed by atoms with Crippen LogP contribution in [0.1, 0.15) is 51.9 Å². The van der Waals surface area contributed by atoms with E-state index in [1.54, 1.807) is 6.20 Å². The molecule has 1 heterocycles. The number of rotatable bonds is 3. The van der Waals surface area contributed by atoms with Gasteiger partial charge in [0.05, 0.1) is 5.56 Å². The fourth-order valence-electron chi connectivity index (χ4n) is 1.24. The van der Waals surface area contributed by atoms with Crippen LogP contribution in [0.2, 0.25) is 0 Å². The molecule has 88 valence electrons. The lowest BCUT2D eigenvalue weighted by Gasteiger charge is -2.22. The molecule has 1 aromatic rings. The van der Waals surface area contributed by atoms with Crippen LogP contribution in [0.3, 0.4) is 0 Å². The predicted octanol–water partition coefficient (Wildman–Crippen LogP) is 2.81. The molecule has 1 aromatic heterocycles. The third-order valence-corrected chi connectivity index (χ3v) is 2.00. The Balaban J connectivity index is 3.12. The first-order valence-corrected chi connectivity index (χ1v) is 5.49. The van der Waals surface area contributed by atoms with Gasteiger partial charge in [-0.05, 0) is 20.8 Å². The van der Waals surface area contributed by atoms with Gasteiger partial charge in [0, 0.05) is 23.9 Å². The summed E-state index contributed by atoms with van der Waals surface area (Å²) in [6.07, 6.45) is 2.97. The average Bonchev–Trinajstić information content (AvgIpc) is 2.15. The van der Waals surface area contributed by atoms with Crippen LogP contribution in [0.15, 0.2) is 6.20 Å². The van der Waals surface area contributed by atoms with E-state index < -0.39 is 0 Å². The molecule has 0 saturated heterocycles. The maximum absolute atomic E-state index is 7.33. The van der Waals surface area contributed by atoms with E-state index in [2.05, 4.69) is 49.9 Å². The molecule has 0 aromatic carbocycles. The molecule has 0 bridgehead atoms. The molecule has 0 atom stereocenters. The fraction of sp³-hybridized carbons (Fsp3) is 0.583. The van der Waals surface area contributed by atoms with Gasteiger partial charge >= 0.3 is 0 Å². The normalized spacial score (nSPS) is 11.6. The minimum Gasteiger partial charge on any atom is -0.365 e. The Kier molecular flexibility index (Phi) is 3.62. The summed E-state index contributed by atoms with van der Waals surface area (Å²) < 4.78 is 0. The lowest BCUT2D eigenvalue weighted by Crippen LogP contribution is -2.28. The third kappa shape index (κ3) is 3.29. The molecule has 0 unspecified atom stereocenters. The van der Waals surface area contributed by atoms with E-state index >= 15 is 0 Å². The summed E-state index contributed by atoms with van der Waals surface area (Å²) in [7, 11) is 0. The second-order valence-corrected chi connectivity index (χ2v) is 5.21. The number of nitrogens with zero attached hydrogens (tertiary/aromatic N) is 2. The van der Waals surface area contributed by atoms with Gasteiger partial charge < -0.3 is 10.7 Å². The molecular weight excluding hydrogens is 200 g/mol. The third-order valence-electron chi connectivity index (χ3n) is 2.00. The van der Waals surface area contributed by atoms with Gasteiger partial charge in [-0.3, -0.25) is 0 Å². The van der Waals surface area contributed by atoms with Crippen LogP contribution < -0.4 is 5.32 Å². The molecule has 0 saturated carbocycles. The van der Waals surface area contributed by atoms with Gasteiger partial charge in [0.2, 0.25) is 0 Å². The quantitative estimate of drug-likeness (QED) is 0.770. The summed E-state index contributed by atoms with van der Waals surface area (Å²) in [6, 6.07) is 0. The summed E-state index contributed by atoms with van der Waals surface area (Å²) in [4.78, 5) is 8.69. The van der Waals surface area contributed by atoms with Gasteiger partial charge in [-0.1, -0.05) is 13.8 Å². The highest BCUT2D eigenvalue weighted by Crippen LogP contribution is 2.18. The first-order chi connectivity index (χ1) is 7.33. The van der Waals surface area contributed by atoms with Gasteiger partial charge in [-0.25, -0.2) is 9.97 Å². The van der Waals surface area contributed by atoms with E-state index in [-0.39, 0.29) is 5.54 Å². The van der Waals surface area contributed by atoms with Gasteiger partial charge in [0.25, 0.3) is 0 Å². The molecule has 1 rings (SSSR count). The van der Waals surface area contributed by atoms with Gasteiger partial charge in [-0.15, -0.1) is 0 Å². The van der Waals surface area contributed by atoms with E-state index in [4.69, 9.17) is 5.41 Å². The molecule has 16 heavy (non-hydrogen) atoms. The highest BCUT2D eigenvalue weighted by molar-refractivity contribution is 5.83. The van der Waals surface area contributed by atoms with Crippen molar-refractivity contribution in [3.8, 4) is 0 Å². The van der Waals surface area contributed by atoms with Crippen molar-refractivity contribution < 1.29 is 0 Å². The van der Waals surface area contributed by atoms with Crippen molar-refractivity contribution in [3.63, 3.8) is 0 Å². The molecule has 0 aliphatic rings. The maximum atomic E-state index is 7.33. The number of hydrogen-bond donors (Lipinski definition) is 2. The zero-order valence-electron chi connectivity index (χ0n) is 10.6. The number of aromatic nitrogens is 2. The molecule has 2 N–H and O–H groups in total. The monoisotopic (exact) mass is 220 g/mol. The fourth-order valence-corrected chi connectivity index (χ4v) is 1.24. The molecule has 0 aliphatic heterocycles. The van der Waals surface area contributed by atoms with E-state index in [0.29, 0.717) is 5.92 Å². The van der Waals surface area contributed by atoms with Crippen LogP contribution in [0.4, 0.5) is 5.82 Å². The minimum absolute atomic E-state index is 0.0691. The van der Waals surface area contributed by atoms with Crippen LogP contribution in [0, 0.1) is 5.41 Å². The smallest absolute Gasteiger partial charge is 0.138 e. The summed E-state index contributed by atoms with van der Waals surface area (Å²) in [5, 5.41) is 10.6. The average molecular weight is 220 g/mol.